The van der Waals surface area contributed by atoms with Crippen molar-refractivity contribution in [1.29, 1.82) is 0 Å². The summed E-state index contributed by atoms with van der Waals surface area (Å²) < 4.78 is 34.7. The summed E-state index contributed by atoms with van der Waals surface area (Å²) in [6, 6.07) is 18.4. The third kappa shape index (κ3) is 29.4. The van der Waals surface area contributed by atoms with E-state index in [1.165, 1.54) is 30.2 Å². The highest BCUT2D eigenvalue weighted by molar-refractivity contribution is 6.30. The van der Waals surface area contributed by atoms with Gasteiger partial charge in [0.25, 0.3) is 5.91 Å². The molecule has 0 saturated carbocycles. The number of carbonyl (C=O) groups is 6. The SMILES string of the molecule is CC(C)Cc1ccc([C@H](C)C(=O)O)cc1.COc1ccc2c(c1)c(CC(=O)OCC(=O)O)c(C)n2C(=O)c1ccc(Cl)cc1.C[C@@H]1[C@H](O)[C@@H](C)/C=C/C=C/CC/C=C/C=C/C=C/C=C/[C@H](O[C@@H]2O[C@H](C)[C@@H](O)[C@H](N)[C@@H]2O)C[C@@H]2O[C@](O)(C[C@@H](O)[C@H](O)CC[C@@H](O)C[C@@H](O)C[C@@H](O)CC(=O)O[C@H]1C)C[C@H](O)[C@H]2C(=O)O. The molecular weight excluding hydrogens is 1440 g/mol. The Bertz CT molecular complexity index is 3740. The number of rotatable bonds is 13. The third-order valence-electron chi connectivity index (χ3n) is 19.3. The van der Waals surface area contributed by atoms with E-state index in [1.807, 2.05) is 73.7 Å². The Hall–Kier alpha value is -7.81. The number of carboxylic acids is 3. The van der Waals surface area contributed by atoms with E-state index in [-0.39, 0.29) is 50.4 Å². The van der Waals surface area contributed by atoms with Crippen LogP contribution < -0.4 is 10.5 Å². The average molecular weight is 1550 g/mol. The molecule has 4 heterocycles. The minimum absolute atomic E-state index is 0.138. The molecule has 2 saturated heterocycles. The number of aliphatic carboxylic acids is 3. The van der Waals surface area contributed by atoms with E-state index in [0.717, 1.165) is 24.8 Å². The molecule has 3 aliphatic rings. The van der Waals surface area contributed by atoms with Crippen LogP contribution in [-0.4, -0.2) is 218 Å². The number of carboxylic acid groups (broad SMARTS) is 3. The summed E-state index contributed by atoms with van der Waals surface area (Å²) in [4.78, 5) is 71.8. The summed E-state index contributed by atoms with van der Waals surface area (Å²) >= 11 is 5.91. The molecule has 0 unspecified atom stereocenters. The fourth-order valence-corrected chi connectivity index (χ4v) is 12.9. The van der Waals surface area contributed by atoms with E-state index in [0.29, 0.717) is 44.4 Å². The van der Waals surface area contributed by atoms with Crippen LogP contribution in [0.3, 0.4) is 0 Å². The molecule has 0 spiro atoms. The summed E-state index contributed by atoms with van der Waals surface area (Å²) in [5, 5.41) is 137. The molecule has 2 bridgehead atoms. The zero-order chi connectivity index (χ0) is 81.0. The first-order chi connectivity index (χ1) is 51.4. The van der Waals surface area contributed by atoms with Gasteiger partial charge in [-0.2, -0.15) is 0 Å². The zero-order valence-corrected chi connectivity index (χ0v) is 63.9. The minimum atomic E-state index is -2.35. The van der Waals surface area contributed by atoms with Gasteiger partial charge in [0, 0.05) is 52.8 Å². The van der Waals surface area contributed by atoms with Gasteiger partial charge in [0.15, 0.2) is 18.7 Å². The molecule has 0 amide bonds. The third-order valence-corrected chi connectivity index (χ3v) is 19.5. The number of methoxy groups -OCH3 is 1. The number of aromatic nitrogens is 1. The normalized spacial score (nSPS) is 31.6. The molecule has 15 N–H and O–H groups in total. The summed E-state index contributed by atoms with van der Waals surface area (Å²) in [7, 11) is 1.52. The molecule has 3 aromatic carbocycles. The van der Waals surface area contributed by atoms with Crippen LogP contribution in [0.25, 0.3) is 10.9 Å². The zero-order valence-electron chi connectivity index (χ0n) is 63.1. The highest BCUT2D eigenvalue weighted by Crippen LogP contribution is 2.39. The van der Waals surface area contributed by atoms with Crippen LogP contribution in [0.2, 0.25) is 5.02 Å². The van der Waals surface area contributed by atoms with Crippen LogP contribution in [0, 0.1) is 30.6 Å². The number of esters is 2. The van der Waals surface area contributed by atoms with Gasteiger partial charge in [-0.1, -0.05) is 136 Å². The predicted molar refractivity (Wildman–Crippen MR) is 405 cm³/mol. The molecule has 4 aromatic rings. The molecule has 28 heteroatoms. The number of halogens is 1. The van der Waals surface area contributed by atoms with E-state index in [4.69, 9.17) is 56.0 Å². The quantitative estimate of drug-likeness (QED) is 0.0577. The largest absolute Gasteiger partial charge is 0.497 e. The van der Waals surface area contributed by atoms with Crippen molar-refractivity contribution in [3.8, 4) is 5.75 Å². The first-order valence-electron chi connectivity index (χ1n) is 36.6. The van der Waals surface area contributed by atoms with Gasteiger partial charge >= 0.3 is 29.8 Å². The Kier molecular flexibility index (Phi) is 37.8. The Morgan fingerprint density at radius 2 is 1.30 bits per heavy atom. The lowest BCUT2D eigenvalue weighted by molar-refractivity contribution is -0.310. The van der Waals surface area contributed by atoms with E-state index in [1.54, 1.807) is 94.5 Å². The van der Waals surface area contributed by atoms with Crippen LogP contribution in [0.1, 0.15) is 151 Å². The van der Waals surface area contributed by atoms with Crippen LogP contribution >= 0.6 is 11.6 Å². The second-order valence-corrected chi connectivity index (χ2v) is 29.0. The van der Waals surface area contributed by atoms with Gasteiger partial charge < -0.3 is 101 Å². The van der Waals surface area contributed by atoms with Crippen molar-refractivity contribution in [3.05, 3.63) is 173 Å². The molecule has 27 nitrogen and oxygen atoms in total. The van der Waals surface area contributed by atoms with Gasteiger partial charge in [0.2, 0.25) is 0 Å². The Labute approximate surface area is 640 Å². The number of nitrogens with two attached hydrogens (primary N) is 1. The number of hydrogen-bond donors (Lipinski definition) is 14. The topological polar surface area (TPSA) is 452 Å². The van der Waals surface area contributed by atoms with Crippen molar-refractivity contribution in [3.63, 3.8) is 0 Å². The van der Waals surface area contributed by atoms with E-state index in [9.17, 15) is 84.9 Å². The molecule has 0 radical (unpaired) electrons. The van der Waals surface area contributed by atoms with E-state index in [2.05, 4.69) is 13.8 Å². The minimum Gasteiger partial charge on any atom is -0.497 e. The highest BCUT2D eigenvalue weighted by Gasteiger charge is 2.51. The summed E-state index contributed by atoms with van der Waals surface area (Å²) in [5.74, 6) is -9.03. The first-order valence-corrected chi connectivity index (χ1v) is 37.0. The second-order valence-electron chi connectivity index (χ2n) is 28.6. The van der Waals surface area contributed by atoms with Crippen molar-refractivity contribution in [2.24, 2.45) is 29.4 Å². The second kappa shape index (κ2) is 44.9. The van der Waals surface area contributed by atoms with Crippen molar-refractivity contribution in [1.82, 2.24) is 4.57 Å². The van der Waals surface area contributed by atoms with Gasteiger partial charge in [-0.05, 0) is 138 Å². The lowest BCUT2D eigenvalue weighted by atomic mass is 9.82. The number of allylic oxidation sites excluding steroid dienone is 10. The lowest BCUT2D eigenvalue weighted by Gasteiger charge is -2.45. The van der Waals surface area contributed by atoms with Gasteiger partial charge in [0.1, 0.15) is 23.9 Å². The van der Waals surface area contributed by atoms with E-state index < -0.39 is 171 Å². The first kappa shape index (κ1) is 91.8. The smallest absolute Gasteiger partial charge is 0.341 e. The maximum atomic E-state index is 13.2. The molecule has 2 fully saturated rings. The summed E-state index contributed by atoms with van der Waals surface area (Å²) in [6.07, 6.45) is 3.15. The number of aliphatic hydroxyl groups is 10. The van der Waals surface area contributed by atoms with Gasteiger partial charge in [-0.25, -0.2) is 4.79 Å². The van der Waals surface area contributed by atoms with Gasteiger partial charge in [0.05, 0.1) is 105 Å². The van der Waals surface area contributed by atoms with Crippen LogP contribution in [0.4, 0.5) is 0 Å². The predicted octanol–water partition coefficient (Wildman–Crippen LogP) is 7.48. The number of fused-ring (bicyclic) bond motifs is 3. The monoisotopic (exact) mass is 1550 g/mol. The number of ether oxygens (including phenoxy) is 6. The highest BCUT2D eigenvalue weighted by atomic mass is 35.5. The number of aliphatic hydroxyl groups excluding tert-OH is 9. The molecule has 20 atom stereocenters. The lowest BCUT2D eigenvalue weighted by Crippen LogP contribution is -2.61. The molecular formula is C81H111ClN2O25. The number of cyclic esters (lactones) is 1. The van der Waals surface area contributed by atoms with Crippen LogP contribution in [0.15, 0.2) is 140 Å². The van der Waals surface area contributed by atoms with Crippen LogP contribution in [-0.2, 0) is 60.5 Å². The molecule has 0 aliphatic carbocycles. The Morgan fingerprint density at radius 1 is 0.697 bits per heavy atom. The summed E-state index contributed by atoms with van der Waals surface area (Å²) in [6.45, 7) is 13.8. The van der Waals surface area contributed by atoms with E-state index >= 15 is 0 Å². The number of benzene rings is 3. The maximum Gasteiger partial charge on any atom is 0.341 e. The van der Waals surface area contributed by atoms with Crippen molar-refractivity contribution in [2.45, 2.75) is 236 Å². The fraction of sp³-hybridized carbons (Fsp3) is 0.531. The fourth-order valence-electron chi connectivity index (χ4n) is 12.8. The average Bonchev–Trinajstić information content (AvgIpc) is 1.64. The molecule has 3 aliphatic heterocycles. The van der Waals surface area contributed by atoms with Gasteiger partial charge in [-0.15, -0.1) is 0 Å². The van der Waals surface area contributed by atoms with Crippen molar-refractivity contribution < 1.29 is 124 Å². The molecule has 7 rings (SSSR count). The number of hydrogen-bond acceptors (Lipinski definition) is 23. The molecule has 602 valence electrons. The van der Waals surface area contributed by atoms with Gasteiger partial charge in [-0.3, -0.25) is 28.5 Å². The Morgan fingerprint density at radius 3 is 1.92 bits per heavy atom. The molecule has 109 heavy (non-hydrogen) atoms. The maximum absolute atomic E-state index is 13.2. The summed E-state index contributed by atoms with van der Waals surface area (Å²) in [5.41, 5.74) is 10.3. The van der Waals surface area contributed by atoms with Crippen molar-refractivity contribution in [2.75, 3.05) is 13.7 Å². The number of nitrogens with zero attached hydrogens (tertiary/aromatic N) is 1. The Balaban J connectivity index is 0.000000390. The van der Waals surface area contributed by atoms with Crippen molar-refractivity contribution >= 4 is 58.3 Å². The number of carbonyl (C=O) groups excluding carboxylic acids is 3. The standard InChI is InChI=1S/C47H75NO17.C21H18ClNO6.C13H18O2/c1-27-17-15-13-11-9-7-5-6-8-10-12-14-16-18-34(64-46-44(58)41(48)43(57)30(4)63-46)24-38-40(45(59)60)37(54)26-47(61,65-38)25-36(53)35(52)20-19-31(49)21-32(50)22-33(51)23-39(55)62-29(3)28(2)42(27)56;1-12-16(10-20(26)29-11-19(24)25)17-9-15(28-2)7-8-18(17)23(12)21(27)13-3-5-14(22)6-4-13;1-9(2)8-11-4-6-12(7-5-11)10(3)13(14)15/h5-6,8,10-18,27-38,40-44,46,49-54,56-58,61H,7,9,19-26,48H2,1-4H3,(H,59,60);3-9H,10-11H2,1-2H3,(H,24,25);4-7,9-10H,8H2,1-3H3,(H,14,15)/b6-5+,10-8+,13-11+,14-12+,17-15+,18-16+;;/t27-,28-,29-,30+,31+,32+,33+,34-,35+,36+,37-,38-,40+,41-,42+,43+,44-,46-,47+;;10-/m0.0/s1. The molecule has 1 aromatic heterocycles. The van der Waals surface area contributed by atoms with Crippen LogP contribution in [0.5, 0.6) is 5.75 Å².